The van der Waals surface area contributed by atoms with Gasteiger partial charge in [0.1, 0.15) is 18.1 Å². The monoisotopic (exact) mass is 356 g/mol. The number of hydrazone groups is 1. The molecular weight excluding hydrogens is 336 g/mol. The molecule has 0 saturated heterocycles. The Balaban J connectivity index is 1.89. The quantitative estimate of drug-likeness (QED) is 0.328. The highest BCUT2D eigenvalue weighted by molar-refractivity contribution is 8.00. The van der Waals surface area contributed by atoms with E-state index in [9.17, 15) is 9.90 Å². The first kappa shape index (κ1) is 18.6. The number of carbonyl (C=O) groups is 1. The van der Waals surface area contributed by atoms with Crippen LogP contribution in [0, 0.1) is 0 Å². The molecule has 2 rings (SSSR count). The van der Waals surface area contributed by atoms with E-state index < -0.39 is 0 Å². The Morgan fingerprint density at radius 2 is 2.12 bits per heavy atom. The van der Waals surface area contributed by atoms with E-state index in [4.69, 9.17) is 4.74 Å². The first-order valence-electron chi connectivity index (χ1n) is 7.71. The van der Waals surface area contributed by atoms with Crippen LogP contribution in [0.1, 0.15) is 12.5 Å². The van der Waals surface area contributed by atoms with Crippen molar-refractivity contribution in [2.45, 2.75) is 17.1 Å². The van der Waals surface area contributed by atoms with Crippen molar-refractivity contribution in [3.05, 3.63) is 66.7 Å². The summed E-state index contributed by atoms with van der Waals surface area (Å²) in [6.45, 7) is 5.73. The zero-order valence-corrected chi connectivity index (χ0v) is 14.7. The minimum Gasteiger partial charge on any atom is -0.507 e. The third-order valence-corrected chi connectivity index (χ3v) is 4.29. The molecule has 5 nitrogen and oxygen atoms in total. The number of ether oxygens (including phenoxy) is 1. The van der Waals surface area contributed by atoms with Gasteiger partial charge in [-0.3, -0.25) is 4.79 Å². The number of rotatable bonds is 8. The number of phenols is 1. The molecule has 2 aromatic rings. The SMILES string of the molecule is C=CCOc1ccc(/C=N\NC(=O)[C@H](C)Sc2ccccc2)c(O)c1. The maximum atomic E-state index is 12.1. The van der Waals surface area contributed by atoms with Gasteiger partial charge in [0, 0.05) is 16.5 Å². The van der Waals surface area contributed by atoms with Gasteiger partial charge in [0.25, 0.3) is 5.91 Å². The molecule has 1 amide bonds. The van der Waals surface area contributed by atoms with Crippen molar-refractivity contribution >= 4 is 23.9 Å². The Labute approximate surface area is 151 Å². The summed E-state index contributed by atoms with van der Waals surface area (Å²) in [7, 11) is 0. The first-order chi connectivity index (χ1) is 12.1. The van der Waals surface area contributed by atoms with Crippen molar-refractivity contribution in [1.82, 2.24) is 5.43 Å². The number of aromatic hydroxyl groups is 1. The van der Waals surface area contributed by atoms with Crippen molar-refractivity contribution in [2.24, 2.45) is 5.10 Å². The van der Waals surface area contributed by atoms with Crippen LogP contribution in [0.2, 0.25) is 0 Å². The molecule has 0 aliphatic heterocycles. The van der Waals surface area contributed by atoms with Crippen LogP contribution in [0.5, 0.6) is 11.5 Å². The van der Waals surface area contributed by atoms with Crippen molar-refractivity contribution < 1.29 is 14.6 Å². The number of amides is 1. The fourth-order valence-corrected chi connectivity index (χ4v) is 2.77. The molecule has 0 radical (unpaired) electrons. The van der Waals surface area contributed by atoms with E-state index in [-0.39, 0.29) is 16.9 Å². The number of nitrogens with zero attached hydrogens (tertiary/aromatic N) is 1. The molecule has 0 saturated carbocycles. The van der Waals surface area contributed by atoms with Crippen molar-refractivity contribution in [3.63, 3.8) is 0 Å². The number of hydrogen-bond acceptors (Lipinski definition) is 5. The van der Waals surface area contributed by atoms with Crippen LogP contribution in [0.15, 0.2) is 71.2 Å². The number of thioether (sulfide) groups is 1. The molecule has 2 aromatic carbocycles. The summed E-state index contributed by atoms with van der Waals surface area (Å²) in [6.07, 6.45) is 3.01. The lowest BCUT2D eigenvalue weighted by Gasteiger charge is -2.09. The highest BCUT2D eigenvalue weighted by Gasteiger charge is 2.13. The van der Waals surface area contributed by atoms with Gasteiger partial charge in [0.05, 0.1) is 11.5 Å². The van der Waals surface area contributed by atoms with E-state index >= 15 is 0 Å². The Morgan fingerprint density at radius 1 is 1.36 bits per heavy atom. The normalized spacial score (nSPS) is 11.9. The van der Waals surface area contributed by atoms with E-state index in [2.05, 4.69) is 17.1 Å². The van der Waals surface area contributed by atoms with Gasteiger partial charge in [-0.15, -0.1) is 11.8 Å². The highest BCUT2D eigenvalue weighted by atomic mass is 32.2. The fraction of sp³-hybridized carbons (Fsp3) is 0.158. The third-order valence-electron chi connectivity index (χ3n) is 3.17. The first-order valence-corrected chi connectivity index (χ1v) is 8.59. The van der Waals surface area contributed by atoms with Gasteiger partial charge < -0.3 is 9.84 Å². The second-order valence-electron chi connectivity index (χ2n) is 5.13. The van der Waals surface area contributed by atoms with E-state index in [1.165, 1.54) is 24.0 Å². The molecule has 0 aliphatic carbocycles. The number of carbonyl (C=O) groups excluding carboxylic acids is 1. The fourth-order valence-electron chi connectivity index (χ4n) is 1.89. The largest absolute Gasteiger partial charge is 0.507 e. The van der Waals surface area contributed by atoms with E-state index in [1.807, 2.05) is 37.3 Å². The van der Waals surface area contributed by atoms with E-state index in [0.717, 1.165) is 4.90 Å². The zero-order valence-electron chi connectivity index (χ0n) is 13.9. The van der Waals surface area contributed by atoms with Gasteiger partial charge >= 0.3 is 0 Å². The molecule has 130 valence electrons. The van der Waals surface area contributed by atoms with E-state index in [1.54, 1.807) is 18.2 Å². The summed E-state index contributed by atoms with van der Waals surface area (Å²) in [4.78, 5) is 13.1. The molecule has 0 aromatic heterocycles. The average molecular weight is 356 g/mol. The Morgan fingerprint density at radius 3 is 2.80 bits per heavy atom. The minimum absolute atomic E-state index is 0.0197. The van der Waals surface area contributed by atoms with Crippen molar-refractivity contribution in [3.8, 4) is 11.5 Å². The van der Waals surface area contributed by atoms with Gasteiger partial charge in [0.15, 0.2) is 0 Å². The lowest BCUT2D eigenvalue weighted by atomic mass is 10.2. The number of nitrogens with one attached hydrogen (secondary N) is 1. The van der Waals surface area contributed by atoms with Crippen LogP contribution in [0.4, 0.5) is 0 Å². The molecule has 2 N–H and O–H groups in total. The van der Waals surface area contributed by atoms with Crippen LogP contribution >= 0.6 is 11.8 Å². The average Bonchev–Trinajstić information content (AvgIpc) is 2.62. The van der Waals surface area contributed by atoms with Crippen LogP contribution < -0.4 is 10.2 Å². The molecule has 25 heavy (non-hydrogen) atoms. The Kier molecular flexibility index (Phi) is 7.10. The minimum atomic E-state index is -0.289. The Bertz CT molecular complexity index is 748. The van der Waals surface area contributed by atoms with Gasteiger partial charge in [0.2, 0.25) is 0 Å². The number of hydrogen-bond donors (Lipinski definition) is 2. The second-order valence-corrected chi connectivity index (χ2v) is 6.54. The molecular formula is C19H20N2O3S. The summed E-state index contributed by atoms with van der Waals surface area (Å²) in [6, 6.07) is 14.5. The molecule has 0 bridgehead atoms. The zero-order chi connectivity index (χ0) is 18.1. The number of phenolic OH excluding ortho intramolecular Hbond substituents is 1. The summed E-state index contributed by atoms with van der Waals surface area (Å²) in [5, 5.41) is 13.6. The summed E-state index contributed by atoms with van der Waals surface area (Å²) in [5.74, 6) is 0.341. The summed E-state index contributed by atoms with van der Waals surface area (Å²) >= 11 is 1.45. The molecule has 0 unspecified atom stereocenters. The smallest absolute Gasteiger partial charge is 0.253 e. The van der Waals surface area contributed by atoms with E-state index in [0.29, 0.717) is 17.9 Å². The topological polar surface area (TPSA) is 70.9 Å². The predicted molar refractivity (Wildman–Crippen MR) is 101 cm³/mol. The van der Waals surface area contributed by atoms with Crippen LogP contribution in [0.3, 0.4) is 0 Å². The lowest BCUT2D eigenvalue weighted by Crippen LogP contribution is -2.26. The van der Waals surface area contributed by atoms with Gasteiger partial charge in [-0.2, -0.15) is 5.10 Å². The molecule has 6 heteroatoms. The summed E-state index contributed by atoms with van der Waals surface area (Å²) < 4.78 is 5.33. The van der Waals surface area contributed by atoms with Crippen LogP contribution in [0.25, 0.3) is 0 Å². The maximum absolute atomic E-state index is 12.1. The summed E-state index contributed by atoms with van der Waals surface area (Å²) in [5.41, 5.74) is 2.96. The molecule has 0 spiro atoms. The maximum Gasteiger partial charge on any atom is 0.253 e. The Hall–Kier alpha value is -2.73. The van der Waals surface area contributed by atoms with Crippen molar-refractivity contribution in [2.75, 3.05) is 6.61 Å². The number of benzene rings is 2. The lowest BCUT2D eigenvalue weighted by molar-refractivity contribution is -0.120. The molecule has 0 fully saturated rings. The predicted octanol–water partition coefficient (Wildman–Crippen LogP) is 3.59. The van der Waals surface area contributed by atoms with Crippen molar-refractivity contribution in [1.29, 1.82) is 0 Å². The van der Waals surface area contributed by atoms with Gasteiger partial charge in [-0.25, -0.2) is 5.43 Å². The molecule has 0 heterocycles. The standard InChI is InChI=1S/C19H20N2O3S/c1-3-11-24-16-10-9-15(18(22)12-16)13-20-21-19(23)14(2)25-17-7-5-4-6-8-17/h3-10,12-14,22H,1,11H2,2H3,(H,21,23)/b20-13-/t14-/m0/s1. The molecule has 0 aliphatic rings. The van der Waals surface area contributed by atoms with Crippen LogP contribution in [-0.2, 0) is 4.79 Å². The molecule has 1 atom stereocenters. The third kappa shape index (κ3) is 6.00. The van der Waals surface area contributed by atoms with Gasteiger partial charge in [-0.05, 0) is 31.2 Å². The highest BCUT2D eigenvalue weighted by Crippen LogP contribution is 2.23. The second kappa shape index (κ2) is 9.54. The van der Waals surface area contributed by atoms with Crippen LogP contribution in [-0.4, -0.2) is 29.1 Å². The van der Waals surface area contributed by atoms with Gasteiger partial charge in [-0.1, -0.05) is 30.9 Å².